The number of rotatable bonds is 4. The highest BCUT2D eigenvalue weighted by molar-refractivity contribution is 9.10. The molecule has 0 saturated carbocycles. The molecule has 0 heterocycles. The molecule has 0 aromatic heterocycles. The number of nitrogens with one attached hydrogen (secondary N) is 1. The second kappa shape index (κ2) is 6.06. The van der Waals surface area contributed by atoms with Crippen molar-refractivity contribution >= 4 is 21.6 Å². The molecular formula is C15H15BrFNO. The summed E-state index contributed by atoms with van der Waals surface area (Å²) in [6, 6.07) is 12.5. The first-order valence-corrected chi connectivity index (χ1v) is 6.75. The number of ether oxygens (including phenoxy) is 1. The lowest BCUT2D eigenvalue weighted by atomic mass is 10.1. The quantitative estimate of drug-likeness (QED) is 0.875. The Balaban J connectivity index is 2.18. The summed E-state index contributed by atoms with van der Waals surface area (Å²) in [5.74, 6) is 0.531. The third-order valence-electron chi connectivity index (χ3n) is 2.92. The van der Waals surface area contributed by atoms with E-state index >= 15 is 0 Å². The largest absolute Gasteiger partial charge is 0.496 e. The minimum atomic E-state index is -0.248. The van der Waals surface area contributed by atoms with Gasteiger partial charge >= 0.3 is 0 Å². The van der Waals surface area contributed by atoms with E-state index in [-0.39, 0.29) is 11.9 Å². The first kappa shape index (κ1) is 13.9. The van der Waals surface area contributed by atoms with Crippen LogP contribution in [0.2, 0.25) is 0 Å². The van der Waals surface area contributed by atoms with Crippen LogP contribution in [-0.2, 0) is 0 Å². The summed E-state index contributed by atoms with van der Waals surface area (Å²) in [7, 11) is 1.63. The standard InChI is InChI=1S/C15H15BrFNO/c1-10(18-14-6-4-3-5-13(14)17)11-7-8-15(19-2)12(16)9-11/h3-10,18H,1-2H3. The molecule has 2 aromatic carbocycles. The van der Waals surface area contributed by atoms with Gasteiger partial charge in [0.15, 0.2) is 0 Å². The predicted molar refractivity (Wildman–Crippen MR) is 79.1 cm³/mol. The van der Waals surface area contributed by atoms with Gasteiger partial charge in [-0.25, -0.2) is 4.39 Å². The molecule has 0 amide bonds. The van der Waals surface area contributed by atoms with Crippen molar-refractivity contribution in [2.24, 2.45) is 0 Å². The molecule has 19 heavy (non-hydrogen) atoms. The van der Waals surface area contributed by atoms with Gasteiger partial charge in [-0.2, -0.15) is 0 Å². The molecule has 0 fully saturated rings. The first-order valence-electron chi connectivity index (χ1n) is 5.96. The predicted octanol–water partition coefficient (Wildman–Crippen LogP) is 4.77. The summed E-state index contributed by atoms with van der Waals surface area (Å²) in [6.45, 7) is 1.99. The van der Waals surface area contributed by atoms with Gasteiger partial charge in [0.1, 0.15) is 11.6 Å². The summed E-state index contributed by atoms with van der Waals surface area (Å²) in [5, 5.41) is 3.15. The van der Waals surface area contributed by atoms with Gasteiger partial charge in [0, 0.05) is 6.04 Å². The van der Waals surface area contributed by atoms with E-state index in [2.05, 4.69) is 21.2 Å². The van der Waals surface area contributed by atoms with Crippen LogP contribution in [0.4, 0.5) is 10.1 Å². The molecule has 100 valence electrons. The second-order valence-electron chi connectivity index (χ2n) is 4.24. The molecule has 2 rings (SSSR count). The third-order valence-corrected chi connectivity index (χ3v) is 3.54. The van der Waals surface area contributed by atoms with Crippen LogP contribution in [-0.4, -0.2) is 7.11 Å². The Morgan fingerprint density at radius 2 is 1.95 bits per heavy atom. The van der Waals surface area contributed by atoms with Crippen molar-refractivity contribution in [1.29, 1.82) is 0 Å². The van der Waals surface area contributed by atoms with Gasteiger partial charge in [-0.15, -0.1) is 0 Å². The van der Waals surface area contributed by atoms with Crippen LogP contribution in [0.25, 0.3) is 0 Å². The molecule has 0 aliphatic carbocycles. The zero-order chi connectivity index (χ0) is 13.8. The van der Waals surface area contributed by atoms with Gasteiger partial charge in [0.05, 0.1) is 17.3 Å². The van der Waals surface area contributed by atoms with Gasteiger partial charge in [-0.3, -0.25) is 0 Å². The van der Waals surface area contributed by atoms with Gasteiger partial charge in [0.2, 0.25) is 0 Å². The Hall–Kier alpha value is -1.55. The van der Waals surface area contributed by atoms with Crippen LogP contribution in [0.1, 0.15) is 18.5 Å². The van der Waals surface area contributed by atoms with E-state index in [1.165, 1.54) is 6.07 Å². The lowest BCUT2D eigenvalue weighted by Crippen LogP contribution is -2.08. The second-order valence-corrected chi connectivity index (χ2v) is 5.09. The Morgan fingerprint density at radius 3 is 2.58 bits per heavy atom. The average molecular weight is 324 g/mol. The zero-order valence-corrected chi connectivity index (χ0v) is 12.4. The highest BCUT2D eigenvalue weighted by Gasteiger charge is 2.10. The normalized spacial score (nSPS) is 12.0. The fourth-order valence-corrected chi connectivity index (χ4v) is 2.41. The van der Waals surface area contributed by atoms with E-state index in [1.54, 1.807) is 19.2 Å². The molecule has 0 aliphatic heterocycles. The number of halogens is 2. The number of anilines is 1. The van der Waals surface area contributed by atoms with Crippen molar-refractivity contribution in [3.8, 4) is 5.75 Å². The van der Waals surface area contributed by atoms with Gasteiger partial charge in [0.25, 0.3) is 0 Å². The van der Waals surface area contributed by atoms with Crippen molar-refractivity contribution < 1.29 is 9.13 Å². The van der Waals surface area contributed by atoms with Gasteiger partial charge < -0.3 is 10.1 Å². The molecular weight excluding hydrogens is 309 g/mol. The Bertz CT molecular complexity index is 574. The van der Waals surface area contributed by atoms with E-state index in [0.717, 1.165) is 15.8 Å². The minimum absolute atomic E-state index is 0.000828. The number of methoxy groups -OCH3 is 1. The lowest BCUT2D eigenvalue weighted by Gasteiger charge is -2.17. The molecule has 1 N–H and O–H groups in total. The van der Waals surface area contributed by atoms with Crippen molar-refractivity contribution in [3.05, 3.63) is 58.3 Å². The fraction of sp³-hybridized carbons (Fsp3) is 0.200. The zero-order valence-electron chi connectivity index (χ0n) is 10.8. The fourth-order valence-electron chi connectivity index (χ4n) is 1.85. The summed E-state index contributed by atoms with van der Waals surface area (Å²) in [4.78, 5) is 0. The maximum absolute atomic E-state index is 13.6. The third kappa shape index (κ3) is 3.26. The number of para-hydroxylation sites is 1. The monoisotopic (exact) mass is 323 g/mol. The Morgan fingerprint density at radius 1 is 1.21 bits per heavy atom. The van der Waals surface area contributed by atoms with E-state index in [4.69, 9.17) is 4.74 Å². The van der Waals surface area contributed by atoms with Crippen LogP contribution in [0, 0.1) is 5.82 Å². The number of hydrogen-bond acceptors (Lipinski definition) is 2. The molecule has 0 bridgehead atoms. The lowest BCUT2D eigenvalue weighted by molar-refractivity contribution is 0.412. The minimum Gasteiger partial charge on any atom is -0.496 e. The molecule has 2 aromatic rings. The van der Waals surface area contributed by atoms with Crippen LogP contribution >= 0.6 is 15.9 Å². The Labute approximate surface area is 120 Å². The molecule has 0 saturated heterocycles. The molecule has 4 heteroatoms. The van der Waals surface area contributed by atoms with Crippen molar-refractivity contribution in [3.63, 3.8) is 0 Å². The summed E-state index contributed by atoms with van der Waals surface area (Å²) < 4.78 is 19.6. The SMILES string of the molecule is COc1ccc(C(C)Nc2ccccc2F)cc1Br. The number of hydrogen-bond donors (Lipinski definition) is 1. The summed E-state index contributed by atoms with van der Waals surface area (Å²) in [6.07, 6.45) is 0. The summed E-state index contributed by atoms with van der Waals surface area (Å²) >= 11 is 3.45. The average Bonchev–Trinajstić information content (AvgIpc) is 2.41. The molecule has 0 aliphatic rings. The van der Waals surface area contributed by atoms with Crippen LogP contribution in [0.5, 0.6) is 5.75 Å². The maximum Gasteiger partial charge on any atom is 0.146 e. The van der Waals surface area contributed by atoms with E-state index in [0.29, 0.717) is 5.69 Å². The molecule has 2 nitrogen and oxygen atoms in total. The molecule has 1 atom stereocenters. The molecule has 1 unspecified atom stereocenters. The Kier molecular flexibility index (Phi) is 4.43. The first-order chi connectivity index (χ1) is 9.11. The molecule has 0 spiro atoms. The van der Waals surface area contributed by atoms with Crippen molar-refractivity contribution in [2.75, 3.05) is 12.4 Å². The smallest absolute Gasteiger partial charge is 0.146 e. The number of benzene rings is 2. The van der Waals surface area contributed by atoms with Crippen LogP contribution in [0.3, 0.4) is 0 Å². The maximum atomic E-state index is 13.6. The molecule has 0 radical (unpaired) electrons. The summed E-state index contributed by atoms with van der Waals surface area (Å²) in [5.41, 5.74) is 1.55. The topological polar surface area (TPSA) is 21.3 Å². The van der Waals surface area contributed by atoms with E-state index in [9.17, 15) is 4.39 Å². The van der Waals surface area contributed by atoms with Crippen LogP contribution in [0.15, 0.2) is 46.9 Å². The highest BCUT2D eigenvalue weighted by Crippen LogP contribution is 2.29. The van der Waals surface area contributed by atoms with Crippen LogP contribution < -0.4 is 10.1 Å². The highest BCUT2D eigenvalue weighted by atomic mass is 79.9. The van der Waals surface area contributed by atoms with Gasteiger partial charge in [-0.05, 0) is 52.7 Å². The van der Waals surface area contributed by atoms with Crippen molar-refractivity contribution in [2.45, 2.75) is 13.0 Å². The van der Waals surface area contributed by atoms with E-state index in [1.807, 2.05) is 31.2 Å². The van der Waals surface area contributed by atoms with Gasteiger partial charge in [-0.1, -0.05) is 18.2 Å². The van der Waals surface area contributed by atoms with Crippen molar-refractivity contribution in [1.82, 2.24) is 0 Å². The van der Waals surface area contributed by atoms with E-state index < -0.39 is 0 Å².